The first-order chi connectivity index (χ1) is 10.1. The number of urea groups is 1. The van der Waals surface area contributed by atoms with Gasteiger partial charge in [0.2, 0.25) is 11.8 Å². The summed E-state index contributed by atoms with van der Waals surface area (Å²) >= 11 is 0. The molecule has 0 radical (unpaired) electrons. The lowest BCUT2D eigenvalue weighted by Crippen LogP contribution is -2.47. The lowest BCUT2D eigenvalue weighted by molar-refractivity contribution is -0.131. The summed E-state index contributed by atoms with van der Waals surface area (Å²) in [7, 11) is 0. The summed E-state index contributed by atoms with van der Waals surface area (Å²) in [5.74, 6) is -0.197. The maximum absolute atomic E-state index is 11.8. The van der Waals surface area contributed by atoms with Gasteiger partial charge in [-0.25, -0.2) is 4.79 Å². The number of hydrogen-bond donors (Lipinski definition) is 2. The Morgan fingerprint density at radius 2 is 1.52 bits per heavy atom. The van der Waals surface area contributed by atoms with Crippen LogP contribution in [-0.2, 0) is 9.59 Å². The number of hydrogen-bond acceptors (Lipinski definition) is 3. The van der Waals surface area contributed by atoms with Crippen LogP contribution < -0.4 is 10.6 Å². The average Bonchev–Trinajstić information content (AvgIpc) is 2.52. The fourth-order valence-electron chi connectivity index (χ4n) is 2.32. The summed E-state index contributed by atoms with van der Waals surface area (Å²) in [6.45, 7) is 6.47. The number of carbonyl (C=O) groups excluding carboxylic acids is 3. The first-order valence-corrected chi connectivity index (χ1v) is 7.65. The molecule has 0 spiro atoms. The summed E-state index contributed by atoms with van der Waals surface area (Å²) in [5, 5.41) is 4.98. The van der Waals surface area contributed by atoms with Crippen LogP contribution in [0.3, 0.4) is 0 Å². The second-order valence-electron chi connectivity index (χ2n) is 5.04. The Morgan fingerprint density at radius 1 is 0.952 bits per heavy atom. The van der Waals surface area contributed by atoms with Gasteiger partial charge in [-0.05, 0) is 33.1 Å². The molecule has 1 heterocycles. The molecule has 0 unspecified atom stereocenters. The van der Waals surface area contributed by atoms with E-state index in [0.29, 0.717) is 13.1 Å². The zero-order valence-corrected chi connectivity index (χ0v) is 13.0. The van der Waals surface area contributed by atoms with E-state index in [1.165, 1.54) is 0 Å². The fraction of sp³-hybridized carbons (Fsp3) is 0.786. The Labute approximate surface area is 126 Å². The topological polar surface area (TPSA) is 81.8 Å². The number of amides is 4. The van der Waals surface area contributed by atoms with Crippen LogP contribution in [0.5, 0.6) is 0 Å². The van der Waals surface area contributed by atoms with Crippen LogP contribution in [0.4, 0.5) is 4.79 Å². The van der Waals surface area contributed by atoms with Crippen LogP contribution in [-0.4, -0.2) is 66.9 Å². The molecule has 7 heteroatoms. The highest BCUT2D eigenvalue weighted by molar-refractivity contribution is 5.87. The molecule has 0 atom stereocenters. The molecular formula is C14H26N4O3. The molecule has 1 aliphatic rings. The van der Waals surface area contributed by atoms with Crippen LogP contribution in [0.25, 0.3) is 0 Å². The van der Waals surface area contributed by atoms with Crippen molar-refractivity contribution >= 4 is 17.8 Å². The van der Waals surface area contributed by atoms with Gasteiger partial charge >= 0.3 is 6.03 Å². The molecule has 120 valence electrons. The molecule has 7 nitrogen and oxygen atoms in total. The van der Waals surface area contributed by atoms with Crippen molar-refractivity contribution in [3.8, 4) is 0 Å². The molecule has 0 aromatic rings. The lowest BCUT2D eigenvalue weighted by Gasteiger charge is -2.26. The number of rotatable bonds is 6. The summed E-state index contributed by atoms with van der Waals surface area (Å²) in [6.07, 6.45) is 3.21. The number of nitrogens with one attached hydrogen (secondary N) is 2. The number of likely N-dealkylation sites (tertiary alicyclic amines) is 1. The molecule has 0 aromatic carbocycles. The van der Waals surface area contributed by atoms with E-state index in [1.807, 2.05) is 13.8 Å². The molecule has 1 aliphatic heterocycles. The standard InChI is InChI=1S/C14H26N4O3/c1-3-17(4-2)12(19)10-15-14(21)16-11-13(20)18-8-6-5-7-9-18/h3-11H2,1-2H3,(H2,15,16,21). The molecule has 1 fully saturated rings. The summed E-state index contributed by atoms with van der Waals surface area (Å²) in [4.78, 5) is 38.5. The average molecular weight is 298 g/mol. The van der Waals surface area contributed by atoms with Crippen LogP contribution in [0.2, 0.25) is 0 Å². The van der Waals surface area contributed by atoms with E-state index < -0.39 is 6.03 Å². The van der Waals surface area contributed by atoms with Gasteiger partial charge in [-0.1, -0.05) is 0 Å². The van der Waals surface area contributed by atoms with E-state index in [-0.39, 0.29) is 24.9 Å². The predicted octanol–water partition coefficient (Wildman–Crippen LogP) is 0.167. The molecule has 21 heavy (non-hydrogen) atoms. The van der Waals surface area contributed by atoms with Crippen molar-refractivity contribution in [2.75, 3.05) is 39.3 Å². The Bertz CT molecular complexity index is 363. The summed E-state index contributed by atoms with van der Waals surface area (Å²) in [6, 6.07) is -0.485. The Hall–Kier alpha value is -1.79. The van der Waals surface area contributed by atoms with Crippen molar-refractivity contribution in [2.45, 2.75) is 33.1 Å². The van der Waals surface area contributed by atoms with Crippen LogP contribution in [0.1, 0.15) is 33.1 Å². The molecule has 1 saturated heterocycles. The van der Waals surface area contributed by atoms with E-state index in [4.69, 9.17) is 0 Å². The summed E-state index contributed by atoms with van der Waals surface area (Å²) in [5.41, 5.74) is 0. The van der Waals surface area contributed by atoms with Gasteiger partial charge < -0.3 is 20.4 Å². The lowest BCUT2D eigenvalue weighted by atomic mass is 10.1. The van der Waals surface area contributed by atoms with Crippen LogP contribution >= 0.6 is 0 Å². The van der Waals surface area contributed by atoms with Gasteiger partial charge in [-0.2, -0.15) is 0 Å². The highest BCUT2D eigenvalue weighted by Crippen LogP contribution is 2.08. The Kier molecular flexibility index (Phi) is 7.56. The van der Waals surface area contributed by atoms with E-state index in [9.17, 15) is 14.4 Å². The third-order valence-corrected chi connectivity index (χ3v) is 3.63. The van der Waals surface area contributed by atoms with Crippen molar-refractivity contribution in [3.63, 3.8) is 0 Å². The van der Waals surface area contributed by atoms with Crippen molar-refractivity contribution < 1.29 is 14.4 Å². The van der Waals surface area contributed by atoms with E-state index in [1.54, 1.807) is 9.80 Å². The number of piperidine rings is 1. The van der Waals surface area contributed by atoms with Crippen molar-refractivity contribution in [1.29, 1.82) is 0 Å². The van der Waals surface area contributed by atoms with Crippen molar-refractivity contribution in [2.24, 2.45) is 0 Å². The van der Waals surface area contributed by atoms with Gasteiger partial charge in [0.1, 0.15) is 0 Å². The predicted molar refractivity (Wildman–Crippen MR) is 79.8 cm³/mol. The third kappa shape index (κ3) is 6.01. The Balaban J connectivity index is 2.21. The highest BCUT2D eigenvalue weighted by atomic mass is 16.2. The maximum atomic E-state index is 11.8. The number of carbonyl (C=O) groups is 3. The molecular weight excluding hydrogens is 272 g/mol. The first-order valence-electron chi connectivity index (χ1n) is 7.65. The Morgan fingerprint density at radius 3 is 2.10 bits per heavy atom. The molecule has 0 aromatic heterocycles. The largest absolute Gasteiger partial charge is 0.342 e. The second-order valence-corrected chi connectivity index (χ2v) is 5.04. The van der Waals surface area contributed by atoms with Gasteiger partial charge in [0.15, 0.2) is 0 Å². The van der Waals surface area contributed by atoms with E-state index >= 15 is 0 Å². The van der Waals surface area contributed by atoms with Crippen molar-refractivity contribution in [3.05, 3.63) is 0 Å². The summed E-state index contributed by atoms with van der Waals surface area (Å²) < 4.78 is 0. The quantitative estimate of drug-likeness (QED) is 0.733. The van der Waals surface area contributed by atoms with Crippen molar-refractivity contribution in [1.82, 2.24) is 20.4 Å². The van der Waals surface area contributed by atoms with E-state index in [2.05, 4.69) is 10.6 Å². The van der Waals surface area contributed by atoms with Crippen LogP contribution in [0.15, 0.2) is 0 Å². The normalized spacial score (nSPS) is 14.5. The molecule has 0 aliphatic carbocycles. The van der Waals surface area contributed by atoms with Gasteiger partial charge in [0.05, 0.1) is 13.1 Å². The third-order valence-electron chi connectivity index (χ3n) is 3.63. The SMILES string of the molecule is CCN(CC)C(=O)CNC(=O)NCC(=O)N1CCCCC1. The highest BCUT2D eigenvalue weighted by Gasteiger charge is 2.17. The molecule has 4 amide bonds. The zero-order valence-electron chi connectivity index (χ0n) is 13.0. The number of likely N-dealkylation sites (N-methyl/N-ethyl adjacent to an activating group) is 1. The molecule has 0 bridgehead atoms. The minimum absolute atomic E-state index is 0.0225. The van der Waals surface area contributed by atoms with Gasteiger partial charge in [0.25, 0.3) is 0 Å². The number of nitrogens with zero attached hydrogens (tertiary/aromatic N) is 2. The smallest absolute Gasteiger partial charge is 0.315 e. The molecule has 2 N–H and O–H groups in total. The van der Waals surface area contributed by atoms with Gasteiger partial charge in [-0.3, -0.25) is 9.59 Å². The zero-order chi connectivity index (χ0) is 15.7. The maximum Gasteiger partial charge on any atom is 0.315 e. The van der Waals surface area contributed by atoms with Crippen LogP contribution in [0, 0.1) is 0 Å². The minimum Gasteiger partial charge on any atom is -0.342 e. The van der Waals surface area contributed by atoms with E-state index in [0.717, 1.165) is 32.4 Å². The second kappa shape index (κ2) is 9.20. The molecule has 0 saturated carbocycles. The fourth-order valence-corrected chi connectivity index (χ4v) is 2.32. The minimum atomic E-state index is -0.485. The van der Waals surface area contributed by atoms with Gasteiger partial charge in [-0.15, -0.1) is 0 Å². The monoisotopic (exact) mass is 298 g/mol. The molecule has 1 rings (SSSR count). The van der Waals surface area contributed by atoms with Gasteiger partial charge in [0, 0.05) is 26.2 Å². The first kappa shape index (κ1) is 17.3.